The van der Waals surface area contributed by atoms with Crippen LogP contribution in [0.15, 0.2) is 12.1 Å². The van der Waals surface area contributed by atoms with Crippen LogP contribution in [0.25, 0.3) is 0 Å². The molecule has 0 aromatic heterocycles. The standard InChI is InChI=1S/C19H27NO8/c1-10-16(28-19(2,3)27-10)15(12(8-21)20-18(22)24-5)11-6-13(23-4)17-14(7-11)25-9-26-17/h6-7,10,12,15-16,21H,8-9H2,1-5H3,(H,20,22)/t10-,12?,15-,16+/m1/s1. The van der Waals surface area contributed by atoms with Crippen LogP contribution >= 0.6 is 0 Å². The van der Waals surface area contributed by atoms with E-state index < -0.39 is 29.9 Å². The van der Waals surface area contributed by atoms with Crippen molar-refractivity contribution in [1.82, 2.24) is 5.32 Å². The Labute approximate surface area is 163 Å². The molecule has 1 fully saturated rings. The molecule has 1 amide bonds. The van der Waals surface area contributed by atoms with Gasteiger partial charge in [0.1, 0.15) is 0 Å². The molecule has 1 aromatic carbocycles. The highest BCUT2D eigenvalue weighted by atomic mass is 16.8. The highest BCUT2D eigenvalue weighted by molar-refractivity contribution is 5.67. The number of amides is 1. The number of carbonyl (C=O) groups is 1. The molecule has 9 heteroatoms. The van der Waals surface area contributed by atoms with Crippen molar-refractivity contribution in [3.8, 4) is 17.2 Å². The molecule has 28 heavy (non-hydrogen) atoms. The van der Waals surface area contributed by atoms with E-state index in [4.69, 9.17) is 28.4 Å². The first-order chi connectivity index (χ1) is 13.3. The Hall–Kier alpha value is -2.23. The molecule has 0 aliphatic carbocycles. The summed E-state index contributed by atoms with van der Waals surface area (Å²) in [6.07, 6.45) is -1.39. The van der Waals surface area contributed by atoms with Gasteiger partial charge in [-0.2, -0.15) is 0 Å². The highest BCUT2D eigenvalue weighted by Gasteiger charge is 2.46. The average Bonchev–Trinajstić information content (AvgIpc) is 3.23. The normalized spacial score (nSPS) is 24.5. The molecular weight excluding hydrogens is 370 g/mol. The van der Waals surface area contributed by atoms with Crippen molar-refractivity contribution in [1.29, 1.82) is 0 Å². The van der Waals surface area contributed by atoms with Gasteiger partial charge in [0, 0.05) is 5.92 Å². The quantitative estimate of drug-likeness (QED) is 0.748. The van der Waals surface area contributed by atoms with E-state index in [1.165, 1.54) is 14.2 Å². The maximum Gasteiger partial charge on any atom is 0.407 e. The molecule has 3 rings (SSSR count). The number of aliphatic hydroxyl groups excluding tert-OH is 1. The van der Waals surface area contributed by atoms with Gasteiger partial charge in [-0.1, -0.05) is 0 Å². The van der Waals surface area contributed by atoms with Gasteiger partial charge < -0.3 is 38.8 Å². The second-order valence-electron chi connectivity index (χ2n) is 7.21. The molecule has 1 unspecified atom stereocenters. The first-order valence-electron chi connectivity index (χ1n) is 9.08. The molecule has 2 N–H and O–H groups in total. The zero-order valence-corrected chi connectivity index (χ0v) is 16.7. The molecule has 0 radical (unpaired) electrons. The fraction of sp³-hybridized carbons (Fsp3) is 0.632. The van der Waals surface area contributed by atoms with Crippen LogP contribution in [-0.4, -0.2) is 62.9 Å². The molecule has 1 aromatic rings. The molecule has 156 valence electrons. The first-order valence-corrected chi connectivity index (χ1v) is 9.08. The predicted octanol–water partition coefficient (Wildman–Crippen LogP) is 1.76. The van der Waals surface area contributed by atoms with Gasteiger partial charge in [-0.3, -0.25) is 0 Å². The fourth-order valence-corrected chi connectivity index (χ4v) is 3.78. The molecule has 1 saturated heterocycles. The zero-order chi connectivity index (χ0) is 20.5. The summed E-state index contributed by atoms with van der Waals surface area (Å²) in [6.45, 7) is 5.30. The van der Waals surface area contributed by atoms with Gasteiger partial charge in [-0.15, -0.1) is 0 Å². The molecule has 0 spiro atoms. The van der Waals surface area contributed by atoms with Crippen molar-refractivity contribution in [3.63, 3.8) is 0 Å². The number of carbonyl (C=O) groups excluding carboxylic acids is 1. The van der Waals surface area contributed by atoms with Crippen LogP contribution in [0.4, 0.5) is 4.79 Å². The lowest BCUT2D eigenvalue weighted by atomic mass is 9.84. The fourth-order valence-electron chi connectivity index (χ4n) is 3.78. The number of fused-ring (bicyclic) bond motifs is 1. The van der Waals surface area contributed by atoms with Crippen LogP contribution in [0.1, 0.15) is 32.3 Å². The van der Waals surface area contributed by atoms with Crippen LogP contribution in [0.5, 0.6) is 17.2 Å². The van der Waals surface area contributed by atoms with Crippen molar-refractivity contribution in [2.24, 2.45) is 0 Å². The summed E-state index contributed by atoms with van der Waals surface area (Å²) in [6, 6.07) is 2.90. The smallest absolute Gasteiger partial charge is 0.407 e. The summed E-state index contributed by atoms with van der Waals surface area (Å²) < 4.78 is 33.2. The van der Waals surface area contributed by atoms with E-state index in [1.54, 1.807) is 12.1 Å². The molecule has 4 atom stereocenters. The van der Waals surface area contributed by atoms with Crippen LogP contribution in [0, 0.1) is 0 Å². The van der Waals surface area contributed by atoms with Gasteiger partial charge in [0.25, 0.3) is 0 Å². The monoisotopic (exact) mass is 397 g/mol. The van der Waals surface area contributed by atoms with E-state index in [2.05, 4.69) is 5.32 Å². The number of ether oxygens (including phenoxy) is 6. The van der Waals surface area contributed by atoms with Crippen LogP contribution in [0.3, 0.4) is 0 Å². The number of aliphatic hydroxyl groups is 1. The third-order valence-electron chi connectivity index (χ3n) is 4.89. The van der Waals surface area contributed by atoms with Gasteiger partial charge >= 0.3 is 6.09 Å². The minimum absolute atomic E-state index is 0.0934. The number of alkyl carbamates (subject to hydrolysis) is 1. The topological polar surface area (TPSA) is 105 Å². The van der Waals surface area contributed by atoms with Crippen molar-refractivity contribution in [2.45, 2.75) is 50.7 Å². The van der Waals surface area contributed by atoms with E-state index >= 15 is 0 Å². The number of rotatable bonds is 6. The van der Waals surface area contributed by atoms with Crippen LogP contribution in [-0.2, 0) is 14.2 Å². The van der Waals surface area contributed by atoms with Crippen molar-refractivity contribution in [3.05, 3.63) is 17.7 Å². The number of hydrogen-bond acceptors (Lipinski definition) is 8. The summed E-state index contributed by atoms with van der Waals surface area (Å²) in [5, 5.41) is 12.7. The third kappa shape index (κ3) is 3.96. The summed E-state index contributed by atoms with van der Waals surface area (Å²) in [5.74, 6) is 0.275. The molecule has 9 nitrogen and oxygen atoms in total. The van der Waals surface area contributed by atoms with Crippen LogP contribution in [0.2, 0.25) is 0 Å². The van der Waals surface area contributed by atoms with Gasteiger partial charge in [-0.05, 0) is 38.5 Å². The maximum absolute atomic E-state index is 11.9. The highest BCUT2D eigenvalue weighted by Crippen LogP contribution is 2.46. The summed E-state index contributed by atoms with van der Waals surface area (Å²) in [5.41, 5.74) is 0.745. The minimum atomic E-state index is -0.798. The Bertz CT molecular complexity index is 722. The van der Waals surface area contributed by atoms with Crippen molar-refractivity contribution in [2.75, 3.05) is 27.6 Å². The summed E-state index contributed by atoms with van der Waals surface area (Å²) in [4.78, 5) is 11.9. The van der Waals surface area contributed by atoms with Gasteiger partial charge in [-0.25, -0.2) is 4.79 Å². The lowest BCUT2D eigenvalue weighted by Crippen LogP contribution is -2.47. The lowest BCUT2D eigenvalue weighted by Gasteiger charge is -2.32. The van der Waals surface area contributed by atoms with E-state index in [0.717, 1.165) is 5.56 Å². The third-order valence-corrected chi connectivity index (χ3v) is 4.89. The van der Waals surface area contributed by atoms with Crippen LogP contribution < -0.4 is 19.5 Å². The SMILES string of the molecule is COC(=O)NC(CO)[C@@H](c1cc(OC)c2c(c1)OCO2)[C@H]1OC(C)(C)O[C@@H]1C. The van der Waals surface area contributed by atoms with E-state index in [-0.39, 0.29) is 19.5 Å². The Morgan fingerprint density at radius 3 is 2.64 bits per heavy atom. The maximum atomic E-state index is 11.9. The minimum Gasteiger partial charge on any atom is -0.493 e. The van der Waals surface area contributed by atoms with Crippen molar-refractivity contribution < 1.29 is 38.3 Å². The average molecular weight is 397 g/mol. The Morgan fingerprint density at radius 1 is 1.32 bits per heavy atom. The second kappa shape index (κ2) is 8.02. The number of nitrogens with one attached hydrogen (secondary N) is 1. The Morgan fingerprint density at radius 2 is 2.07 bits per heavy atom. The molecule has 2 aliphatic rings. The molecular formula is C19H27NO8. The second-order valence-corrected chi connectivity index (χ2v) is 7.21. The summed E-state index contributed by atoms with van der Waals surface area (Å²) in [7, 11) is 2.80. The van der Waals surface area contributed by atoms with E-state index in [1.807, 2.05) is 20.8 Å². The Kier molecular flexibility index (Phi) is 5.87. The molecule has 0 saturated carbocycles. The largest absolute Gasteiger partial charge is 0.493 e. The van der Waals surface area contributed by atoms with Gasteiger partial charge in [0.15, 0.2) is 17.3 Å². The summed E-state index contributed by atoms with van der Waals surface area (Å²) >= 11 is 0. The number of methoxy groups -OCH3 is 2. The first kappa shape index (κ1) is 20.5. The molecule has 2 heterocycles. The van der Waals surface area contributed by atoms with E-state index in [0.29, 0.717) is 17.2 Å². The lowest BCUT2D eigenvalue weighted by molar-refractivity contribution is -0.147. The predicted molar refractivity (Wildman–Crippen MR) is 97.8 cm³/mol. The molecule has 2 aliphatic heterocycles. The van der Waals surface area contributed by atoms with Gasteiger partial charge in [0.05, 0.1) is 39.1 Å². The number of hydrogen-bond donors (Lipinski definition) is 2. The Balaban J connectivity index is 2.05. The van der Waals surface area contributed by atoms with E-state index in [9.17, 15) is 9.90 Å². The zero-order valence-electron chi connectivity index (χ0n) is 16.7. The molecule has 0 bridgehead atoms. The van der Waals surface area contributed by atoms with Crippen molar-refractivity contribution >= 4 is 6.09 Å². The number of benzene rings is 1. The van der Waals surface area contributed by atoms with Gasteiger partial charge in [0.2, 0.25) is 12.5 Å².